The van der Waals surface area contributed by atoms with Crippen LogP contribution in [0.1, 0.15) is 5.56 Å². The first-order valence-corrected chi connectivity index (χ1v) is 5.47. The molecular formula is C13H10ClF2N. The van der Waals surface area contributed by atoms with Crippen LogP contribution in [0.3, 0.4) is 0 Å². The third-order valence-corrected chi connectivity index (χ3v) is 2.59. The first-order chi connectivity index (χ1) is 8.16. The first kappa shape index (κ1) is 11.9. The summed E-state index contributed by atoms with van der Waals surface area (Å²) >= 11 is 5.75. The molecule has 0 aliphatic heterocycles. The van der Waals surface area contributed by atoms with Crippen LogP contribution in [-0.4, -0.2) is 0 Å². The molecule has 0 radical (unpaired) electrons. The van der Waals surface area contributed by atoms with E-state index >= 15 is 0 Å². The lowest BCUT2D eigenvalue weighted by Crippen LogP contribution is -2.03. The lowest BCUT2D eigenvalue weighted by Gasteiger charge is -2.08. The molecule has 0 saturated heterocycles. The summed E-state index contributed by atoms with van der Waals surface area (Å²) < 4.78 is 26.7. The molecule has 1 N–H and O–H groups in total. The fourth-order valence-electron chi connectivity index (χ4n) is 1.47. The van der Waals surface area contributed by atoms with Crippen molar-refractivity contribution in [3.8, 4) is 0 Å². The van der Waals surface area contributed by atoms with E-state index in [2.05, 4.69) is 5.32 Å². The lowest BCUT2D eigenvalue weighted by molar-refractivity contribution is 0.610. The van der Waals surface area contributed by atoms with E-state index in [0.29, 0.717) is 10.6 Å². The van der Waals surface area contributed by atoms with E-state index in [4.69, 9.17) is 11.6 Å². The molecule has 0 bridgehead atoms. The average Bonchev–Trinajstić information content (AvgIpc) is 2.32. The summed E-state index contributed by atoms with van der Waals surface area (Å²) in [7, 11) is 0. The highest BCUT2D eigenvalue weighted by Crippen LogP contribution is 2.20. The van der Waals surface area contributed by atoms with Crippen molar-refractivity contribution in [3.05, 3.63) is 64.7 Å². The standard InChI is InChI=1S/C13H10ClF2N/c14-10-5-6-12(16)13(7-10)17-8-9-3-1-2-4-11(9)15/h1-7,17H,8H2. The minimum absolute atomic E-state index is 0.212. The van der Waals surface area contributed by atoms with Crippen molar-refractivity contribution >= 4 is 17.3 Å². The maximum absolute atomic E-state index is 13.4. The van der Waals surface area contributed by atoms with Gasteiger partial charge in [0.15, 0.2) is 0 Å². The second kappa shape index (κ2) is 5.15. The third-order valence-electron chi connectivity index (χ3n) is 2.36. The largest absolute Gasteiger partial charge is 0.378 e. The smallest absolute Gasteiger partial charge is 0.146 e. The van der Waals surface area contributed by atoms with Crippen molar-refractivity contribution in [3.63, 3.8) is 0 Å². The van der Waals surface area contributed by atoms with E-state index in [-0.39, 0.29) is 18.0 Å². The molecule has 0 unspecified atom stereocenters. The van der Waals surface area contributed by atoms with Gasteiger partial charge in [-0.05, 0) is 24.3 Å². The summed E-state index contributed by atoms with van der Waals surface area (Å²) in [5.74, 6) is -0.729. The lowest BCUT2D eigenvalue weighted by atomic mass is 10.2. The molecular weight excluding hydrogens is 244 g/mol. The van der Waals surface area contributed by atoms with Crippen molar-refractivity contribution in [2.45, 2.75) is 6.54 Å². The summed E-state index contributed by atoms with van der Waals surface area (Å²) in [6.45, 7) is 0.212. The van der Waals surface area contributed by atoms with Crippen LogP contribution < -0.4 is 5.32 Å². The molecule has 2 aromatic rings. The van der Waals surface area contributed by atoms with Crippen LogP contribution in [0.4, 0.5) is 14.5 Å². The maximum Gasteiger partial charge on any atom is 0.146 e. The van der Waals surface area contributed by atoms with Crippen LogP contribution in [0.25, 0.3) is 0 Å². The minimum atomic E-state index is -0.411. The van der Waals surface area contributed by atoms with Crippen molar-refractivity contribution in [2.24, 2.45) is 0 Å². The number of rotatable bonds is 3. The van der Waals surface area contributed by atoms with Crippen molar-refractivity contribution < 1.29 is 8.78 Å². The van der Waals surface area contributed by atoms with Gasteiger partial charge in [0.05, 0.1) is 5.69 Å². The normalized spacial score (nSPS) is 10.3. The Hall–Kier alpha value is -1.61. The minimum Gasteiger partial charge on any atom is -0.378 e. The van der Waals surface area contributed by atoms with E-state index < -0.39 is 5.82 Å². The van der Waals surface area contributed by atoms with Gasteiger partial charge in [0.25, 0.3) is 0 Å². The Bertz CT molecular complexity index is 529. The van der Waals surface area contributed by atoms with Gasteiger partial charge in [0.2, 0.25) is 0 Å². The van der Waals surface area contributed by atoms with Gasteiger partial charge in [-0.3, -0.25) is 0 Å². The van der Waals surface area contributed by atoms with Crippen molar-refractivity contribution in [2.75, 3.05) is 5.32 Å². The third kappa shape index (κ3) is 2.94. The molecule has 0 aromatic heterocycles. The molecule has 4 heteroatoms. The van der Waals surface area contributed by atoms with Gasteiger partial charge in [0.1, 0.15) is 11.6 Å². The zero-order chi connectivity index (χ0) is 12.3. The van der Waals surface area contributed by atoms with Gasteiger partial charge in [-0.15, -0.1) is 0 Å². The molecule has 0 saturated carbocycles. The Morgan fingerprint density at radius 3 is 2.53 bits per heavy atom. The van der Waals surface area contributed by atoms with Gasteiger partial charge in [-0.25, -0.2) is 8.78 Å². The van der Waals surface area contributed by atoms with E-state index in [1.54, 1.807) is 18.2 Å². The predicted octanol–water partition coefficient (Wildman–Crippen LogP) is 4.23. The van der Waals surface area contributed by atoms with Crippen LogP contribution in [0, 0.1) is 11.6 Å². The fraction of sp³-hybridized carbons (Fsp3) is 0.0769. The average molecular weight is 254 g/mol. The zero-order valence-electron chi connectivity index (χ0n) is 8.88. The molecule has 17 heavy (non-hydrogen) atoms. The molecule has 88 valence electrons. The summed E-state index contributed by atoms with van der Waals surface area (Å²) in [4.78, 5) is 0. The molecule has 0 spiro atoms. The predicted molar refractivity (Wildman–Crippen MR) is 65.1 cm³/mol. The van der Waals surface area contributed by atoms with Crippen LogP contribution in [0.15, 0.2) is 42.5 Å². The molecule has 0 heterocycles. The molecule has 0 atom stereocenters. The van der Waals surface area contributed by atoms with Gasteiger partial charge < -0.3 is 5.32 Å². The monoisotopic (exact) mass is 253 g/mol. The SMILES string of the molecule is Fc1ccccc1CNc1cc(Cl)ccc1F. The van der Waals surface area contributed by atoms with E-state index in [0.717, 1.165) is 0 Å². The number of halogens is 3. The van der Waals surface area contributed by atoms with Crippen LogP contribution >= 0.6 is 11.6 Å². The van der Waals surface area contributed by atoms with E-state index in [1.807, 2.05) is 0 Å². The molecule has 0 aliphatic carbocycles. The second-order valence-electron chi connectivity index (χ2n) is 3.57. The number of benzene rings is 2. The highest BCUT2D eigenvalue weighted by atomic mass is 35.5. The fourth-order valence-corrected chi connectivity index (χ4v) is 1.64. The molecule has 2 aromatic carbocycles. The maximum atomic E-state index is 13.4. The number of nitrogens with one attached hydrogen (secondary N) is 1. The van der Waals surface area contributed by atoms with E-state index in [9.17, 15) is 8.78 Å². The topological polar surface area (TPSA) is 12.0 Å². The number of anilines is 1. The van der Waals surface area contributed by atoms with Gasteiger partial charge >= 0.3 is 0 Å². The summed E-state index contributed by atoms with van der Waals surface area (Å²) in [5.41, 5.74) is 0.743. The highest BCUT2D eigenvalue weighted by Gasteiger charge is 2.04. The second-order valence-corrected chi connectivity index (χ2v) is 4.01. The molecule has 1 nitrogen and oxygen atoms in total. The molecule has 0 fully saturated rings. The zero-order valence-corrected chi connectivity index (χ0v) is 9.64. The van der Waals surface area contributed by atoms with Gasteiger partial charge in [-0.2, -0.15) is 0 Å². The van der Waals surface area contributed by atoms with Gasteiger partial charge in [0, 0.05) is 17.1 Å². The Kier molecular flexibility index (Phi) is 3.59. The molecule has 0 aliphatic rings. The summed E-state index contributed by atoms with van der Waals surface area (Å²) in [5, 5.41) is 3.24. The molecule has 0 amide bonds. The quantitative estimate of drug-likeness (QED) is 0.863. The van der Waals surface area contributed by atoms with Crippen molar-refractivity contribution in [1.29, 1.82) is 0 Å². The Labute approximate surface area is 103 Å². The van der Waals surface area contributed by atoms with Crippen LogP contribution in [-0.2, 0) is 6.54 Å². The number of hydrogen-bond donors (Lipinski definition) is 1. The first-order valence-electron chi connectivity index (χ1n) is 5.09. The number of hydrogen-bond acceptors (Lipinski definition) is 1. The highest BCUT2D eigenvalue weighted by molar-refractivity contribution is 6.30. The Balaban J connectivity index is 2.12. The summed E-state index contributed by atoms with van der Waals surface area (Å²) in [6.07, 6.45) is 0. The van der Waals surface area contributed by atoms with E-state index in [1.165, 1.54) is 24.3 Å². The molecule has 2 rings (SSSR count). The Morgan fingerprint density at radius 2 is 1.76 bits per heavy atom. The van der Waals surface area contributed by atoms with Crippen LogP contribution in [0.5, 0.6) is 0 Å². The van der Waals surface area contributed by atoms with Crippen molar-refractivity contribution in [1.82, 2.24) is 0 Å². The summed E-state index contributed by atoms with van der Waals surface area (Å²) in [6, 6.07) is 10.6. The van der Waals surface area contributed by atoms with Gasteiger partial charge in [-0.1, -0.05) is 29.8 Å². The van der Waals surface area contributed by atoms with Crippen LogP contribution in [0.2, 0.25) is 5.02 Å². The Morgan fingerprint density at radius 1 is 1.00 bits per heavy atom.